The molecule has 122 valence electrons. The van der Waals surface area contributed by atoms with Gasteiger partial charge in [-0.1, -0.05) is 6.07 Å². The number of rotatable bonds is 4. The highest BCUT2D eigenvalue weighted by Gasteiger charge is 2.27. The number of nitrogens with zero attached hydrogens (tertiary/aromatic N) is 1. The molecule has 1 aromatic rings. The van der Waals surface area contributed by atoms with Crippen molar-refractivity contribution in [2.45, 2.75) is 38.8 Å². The summed E-state index contributed by atoms with van der Waals surface area (Å²) in [5.41, 5.74) is 0.983. The van der Waals surface area contributed by atoms with Gasteiger partial charge < -0.3 is 19.9 Å². The van der Waals surface area contributed by atoms with Gasteiger partial charge in [0, 0.05) is 37.7 Å². The van der Waals surface area contributed by atoms with E-state index in [0.717, 1.165) is 35.7 Å². The lowest BCUT2D eigenvalue weighted by atomic mass is 10.0. The van der Waals surface area contributed by atoms with Gasteiger partial charge in [0.1, 0.15) is 5.75 Å². The Kier molecular flexibility index (Phi) is 6.03. The number of methoxy groups -OCH3 is 1. The van der Waals surface area contributed by atoms with Crippen LogP contribution >= 0.6 is 12.2 Å². The van der Waals surface area contributed by atoms with Crippen molar-refractivity contribution in [1.29, 1.82) is 0 Å². The number of hydrogen-bond donors (Lipinski definition) is 2. The Morgan fingerprint density at radius 2 is 2.05 bits per heavy atom. The minimum absolute atomic E-state index is 0.679. The molecule has 5 heteroatoms. The largest absolute Gasteiger partial charge is 0.497 e. The molecule has 0 radical (unpaired) electrons. The van der Waals surface area contributed by atoms with Crippen LogP contribution in [0.5, 0.6) is 5.75 Å². The van der Waals surface area contributed by atoms with E-state index in [0.29, 0.717) is 6.04 Å². The predicted molar refractivity (Wildman–Crippen MR) is 95.8 cm³/mol. The van der Waals surface area contributed by atoms with E-state index in [9.17, 15) is 0 Å². The molecule has 0 spiro atoms. The van der Waals surface area contributed by atoms with Crippen molar-refractivity contribution in [3.05, 3.63) is 24.3 Å². The van der Waals surface area contributed by atoms with Crippen molar-refractivity contribution in [2.75, 3.05) is 32.6 Å². The lowest BCUT2D eigenvalue weighted by Crippen LogP contribution is -3.16. The number of thiocarbonyl (C=S) groups is 1. The molecule has 1 aliphatic heterocycles. The van der Waals surface area contributed by atoms with E-state index in [2.05, 4.69) is 31.1 Å². The number of likely N-dealkylation sites (tertiary alicyclic amines) is 1. The Bertz CT molecular complexity index is 498. The van der Waals surface area contributed by atoms with E-state index in [-0.39, 0.29) is 0 Å². The zero-order valence-electron chi connectivity index (χ0n) is 14.1. The molecule has 0 saturated carbocycles. The summed E-state index contributed by atoms with van der Waals surface area (Å²) in [6.07, 6.45) is 2.40. The normalized spacial score (nSPS) is 17.4. The van der Waals surface area contributed by atoms with Crippen LogP contribution in [0.2, 0.25) is 0 Å². The van der Waals surface area contributed by atoms with Crippen LogP contribution < -0.4 is 15.0 Å². The molecular formula is C17H28N3OS+. The molecule has 0 aromatic heterocycles. The second-order valence-corrected chi connectivity index (χ2v) is 6.71. The van der Waals surface area contributed by atoms with Crippen LogP contribution in [0.25, 0.3) is 0 Å². The third-order valence-electron chi connectivity index (χ3n) is 4.66. The first-order chi connectivity index (χ1) is 10.5. The van der Waals surface area contributed by atoms with Gasteiger partial charge in [-0.25, -0.2) is 0 Å². The van der Waals surface area contributed by atoms with Crippen LogP contribution in [0.3, 0.4) is 0 Å². The van der Waals surface area contributed by atoms with E-state index < -0.39 is 0 Å². The third kappa shape index (κ3) is 4.34. The van der Waals surface area contributed by atoms with Gasteiger partial charge in [0.15, 0.2) is 5.11 Å². The van der Waals surface area contributed by atoms with Gasteiger partial charge >= 0.3 is 0 Å². The lowest BCUT2D eigenvalue weighted by Gasteiger charge is -2.37. The number of piperidine rings is 1. The molecule has 1 heterocycles. The summed E-state index contributed by atoms with van der Waals surface area (Å²) in [4.78, 5) is 3.91. The van der Waals surface area contributed by atoms with Gasteiger partial charge in [0.2, 0.25) is 0 Å². The van der Waals surface area contributed by atoms with E-state index in [1.54, 1.807) is 12.0 Å². The van der Waals surface area contributed by atoms with Gasteiger partial charge in [0.05, 0.1) is 26.2 Å². The summed E-state index contributed by atoms with van der Waals surface area (Å²) in [7, 11) is 3.98. The van der Waals surface area contributed by atoms with Crippen LogP contribution in [0.15, 0.2) is 24.3 Å². The molecule has 0 amide bonds. The zero-order chi connectivity index (χ0) is 16.1. The summed E-state index contributed by atoms with van der Waals surface area (Å²) in [6, 6.07) is 9.31. The second-order valence-electron chi connectivity index (χ2n) is 6.32. The topological polar surface area (TPSA) is 28.9 Å². The lowest BCUT2D eigenvalue weighted by molar-refractivity contribution is -0.928. The Morgan fingerprint density at radius 1 is 1.36 bits per heavy atom. The molecule has 22 heavy (non-hydrogen) atoms. The molecule has 4 nitrogen and oxygen atoms in total. The summed E-state index contributed by atoms with van der Waals surface area (Å²) in [5, 5.41) is 4.14. The summed E-state index contributed by atoms with van der Waals surface area (Å²) >= 11 is 5.56. The summed E-state index contributed by atoms with van der Waals surface area (Å²) < 4.78 is 5.25. The van der Waals surface area contributed by atoms with Gasteiger partial charge in [-0.2, -0.15) is 0 Å². The number of nitrogens with one attached hydrogen (secondary N) is 2. The van der Waals surface area contributed by atoms with Crippen LogP contribution in [-0.4, -0.2) is 49.3 Å². The summed E-state index contributed by atoms with van der Waals surface area (Å²) in [6.45, 7) is 6.64. The molecule has 0 aliphatic carbocycles. The van der Waals surface area contributed by atoms with Crippen LogP contribution in [-0.2, 0) is 0 Å². The monoisotopic (exact) mass is 322 g/mol. The van der Waals surface area contributed by atoms with Crippen molar-refractivity contribution in [2.24, 2.45) is 0 Å². The SMILES string of the molecule is COc1cccc(NC(=S)N2CCC([NH+](C)C(C)C)CC2)c1. The molecule has 1 aromatic carbocycles. The third-order valence-corrected chi connectivity index (χ3v) is 5.02. The Balaban J connectivity index is 1.87. The Morgan fingerprint density at radius 3 is 2.64 bits per heavy atom. The predicted octanol–water partition coefficient (Wildman–Crippen LogP) is 1.78. The highest BCUT2D eigenvalue weighted by Crippen LogP contribution is 2.18. The highest BCUT2D eigenvalue weighted by molar-refractivity contribution is 7.80. The second kappa shape index (κ2) is 7.79. The average Bonchev–Trinajstić information content (AvgIpc) is 2.54. The average molecular weight is 322 g/mol. The fourth-order valence-electron chi connectivity index (χ4n) is 2.91. The standard InChI is InChI=1S/C17H27N3OS/c1-13(2)19(3)15-8-10-20(11-9-15)17(22)18-14-6-5-7-16(12-14)21-4/h5-7,12-13,15H,8-11H2,1-4H3,(H,18,22)/p+1. The molecule has 1 saturated heterocycles. The van der Waals surface area contributed by atoms with Crippen molar-refractivity contribution >= 4 is 23.0 Å². The maximum Gasteiger partial charge on any atom is 0.173 e. The van der Waals surface area contributed by atoms with Crippen molar-refractivity contribution in [1.82, 2.24) is 4.90 Å². The highest BCUT2D eigenvalue weighted by atomic mass is 32.1. The quantitative estimate of drug-likeness (QED) is 0.827. The summed E-state index contributed by atoms with van der Waals surface area (Å²) in [5.74, 6) is 0.841. The molecule has 2 rings (SSSR count). The number of hydrogen-bond acceptors (Lipinski definition) is 2. The number of anilines is 1. The number of ether oxygens (including phenoxy) is 1. The molecular weight excluding hydrogens is 294 g/mol. The molecule has 1 aliphatic rings. The molecule has 1 fully saturated rings. The Labute approximate surface area is 139 Å². The van der Waals surface area contributed by atoms with E-state index in [4.69, 9.17) is 17.0 Å². The van der Waals surface area contributed by atoms with Gasteiger partial charge in [0.25, 0.3) is 0 Å². The number of benzene rings is 1. The smallest absolute Gasteiger partial charge is 0.173 e. The molecule has 1 atom stereocenters. The van der Waals surface area contributed by atoms with Gasteiger partial charge in [-0.15, -0.1) is 0 Å². The van der Waals surface area contributed by atoms with Crippen LogP contribution in [0.4, 0.5) is 5.69 Å². The van der Waals surface area contributed by atoms with E-state index in [1.165, 1.54) is 12.8 Å². The minimum Gasteiger partial charge on any atom is -0.497 e. The maximum atomic E-state index is 5.56. The zero-order valence-corrected chi connectivity index (χ0v) is 14.9. The van der Waals surface area contributed by atoms with E-state index >= 15 is 0 Å². The molecule has 1 unspecified atom stereocenters. The van der Waals surface area contributed by atoms with Crippen molar-refractivity contribution in [3.63, 3.8) is 0 Å². The first kappa shape index (κ1) is 17.0. The maximum absolute atomic E-state index is 5.56. The van der Waals surface area contributed by atoms with E-state index in [1.807, 2.05) is 24.3 Å². The minimum atomic E-state index is 0.679. The van der Waals surface area contributed by atoms with Crippen molar-refractivity contribution < 1.29 is 9.64 Å². The van der Waals surface area contributed by atoms with Crippen molar-refractivity contribution in [3.8, 4) is 5.75 Å². The Hall–Kier alpha value is -1.33. The fraction of sp³-hybridized carbons (Fsp3) is 0.588. The number of quaternary nitrogens is 1. The first-order valence-electron chi connectivity index (χ1n) is 8.04. The van der Waals surface area contributed by atoms with Gasteiger partial charge in [-0.05, 0) is 38.2 Å². The first-order valence-corrected chi connectivity index (χ1v) is 8.45. The van der Waals surface area contributed by atoms with Gasteiger partial charge in [-0.3, -0.25) is 0 Å². The molecule has 0 bridgehead atoms. The van der Waals surface area contributed by atoms with Crippen LogP contribution in [0, 0.1) is 0 Å². The fourth-order valence-corrected chi connectivity index (χ4v) is 3.21. The van der Waals surface area contributed by atoms with Crippen LogP contribution in [0.1, 0.15) is 26.7 Å². The molecule has 2 N–H and O–H groups in total.